The van der Waals surface area contributed by atoms with E-state index in [-0.39, 0.29) is 5.91 Å². The van der Waals surface area contributed by atoms with Crippen LogP contribution in [0.25, 0.3) is 10.9 Å². The lowest BCUT2D eigenvalue weighted by Gasteiger charge is -2.29. The number of ether oxygens (including phenoxy) is 1. The van der Waals surface area contributed by atoms with Crippen LogP contribution in [0, 0.1) is 0 Å². The van der Waals surface area contributed by atoms with Crippen LogP contribution >= 0.6 is 0 Å². The monoisotopic (exact) mass is 389 g/mol. The zero-order chi connectivity index (χ0) is 19.8. The highest BCUT2D eigenvalue weighted by Gasteiger charge is 2.52. The number of hydrogen-bond acceptors (Lipinski definition) is 3. The Morgan fingerprint density at radius 1 is 1.07 bits per heavy atom. The smallest absolute Gasteiger partial charge is 0.235 e. The van der Waals surface area contributed by atoms with E-state index in [2.05, 4.69) is 27.3 Å². The predicted molar refractivity (Wildman–Crippen MR) is 117 cm³/mol. The van der Waals surface area contributed by atoms with Crippen LogP contribution < -0.4 is 15.0 Å². The molecular formula is C24H27N3O2. The molecule has 2 N–H and O–H groups in total. The third-order valence-electron chi connectivity index (χ3n) is 6.44. The van der Waals surface area contributed by atoms with Crippen molar-refractivity contribution in [3.8, 4) is 5.75 Å². The minimum atomic E-state index is -0.448. The molecule has 2 aromatic carbocycles. The quantitative estimate of drug-likeness (QED) is 0.657. The Kier molecular flexibility index (Phi) is 4.46. The zero-order valence-corrected chi connectivity index (χ0v) is 16.8. The van der Waals surface area contributed by atoms with Gasteiger partial charge in [0.25, 0.3) is 0 Å². The van der Waals surface area contributed by atoms with E-state index in [1.54, 1.807) is 7.11 Å². The van der Waals surface area contributed by atoms with Gasteiger partial charge < -0.3 is 19.9 Å². The van der Waals surface area contributed by atoms with Crippen LogP contribution in [0.5, 0.6) is 5.75 Å². The number of aromatic amines is 1. The molecule has 2 heterocycles. The van der Waals surface area contributed by atoms with Crippen LogP contribution in [0.2, 0.25) is 0 Å². The number of rotatable bonds is 5. The van der Waals surface area contributed by atoms with Gasteiger partial charge in [-0.3, -0.25) is 4.79 Å². The van der Waals surface area contributed by atoms with E-state index in [1.165, 1.54) is 24.9 Å². The summed E-state index contributed by atoms with van der Waals surface area (Å²) in [5.74, 6) is 0.884. The van der Waals surface area contributed by atoms with Crippen molar-refractivity contribution >= 4 is 28.2 Å². The number of anilines is 2. The number of hydrogen-bond donors (Lipinski definition) is 2. The maximum atomic E-state index is 13.2. The second-order valence-electron chi connectivity index (χ2n) is 8.24. The van der Waals surface area contributed by atoms with Crippen LogP contribution in [0.1, 0.15) is 37.7 Å². The number of benzene rings is 2. The fourth-order valence-corrected chi connectivity index (χ4v) is 4.52. The fraction of sp³-hybridized carbons (Fsp3) is 0.375. The van der Waals surface area contributed by atoms with Gasteiger partial charge in [0.05, 0.1) is 12.5 Å². The second kappa shape index (κ2) is 7.14. The molecule has 5 heteroatoms. The minimum absolute atomic E-state index is 0.0759. The molecule has 1 aromatic heterocycles. The summed E-state index contributed by atoms with van der Waals surface area (Å²) in [7, 11) is 1.67. The number of aromatic nitrogens is 1. The third-order valence-corrected chi connectivity index (χ3v) is 6.44. The Labute approximate surface area is 171 Å². The molecule has 2 aliphatic rings. The average Bonchev–Trinajstić information content (AvgIpc) is 3.47. The lowest BCUT2D eigenvalue weighted by molar-refractivity contribution is -0.118. The molecule has 5 nitrogen and oxygen atoms in total. The maximum Gasteiger partial charge on any atom is 0.235 e. The number of carbonyl (C=O) groups is 1. The Morgan fingerprint density at radius 2 is 1.83 bits per heavy atom. The molecule has 1 aliphatic carbocycles. The zero-order valence-electron chi connectivity index (χ0n) is 16.8. The van der Waals surface area contributed by atoms with Gasteiger partial charge in [0.1, 0.15) is 5.75 Å². The minimum Gasteiger partial charge on any atom is -0.497 e. The van der Waals surface area contributed by atoms with Gasteiger partial charge in [-0.1, -0.05) is 0 Å². The van der Waals surface area contributed by atoms with Gasteiger partial charge in [0.15, 0.2) is 0 Å². The molecule has 0 unspecified atom stereocenters. The summed E-state index contributed by atoms with van der Waals surface area (Å²) < 4.78 is 5.38. The molecule has 2 fully saturated rings. The normalized spacial score (nSPS) is 17.9. The summed E-state index contributed by atoms with van der Waals surface area (Å²) in [5, 5.41) is 4.22. The fourth-order valence-electron chi connectivity index (χ4n) is 4.52. The molecule has 150 valence electrons. The molecule has 1 saturated heterocycles. The van der Waals surface area contributed by atoms with Crippen molar-refractivity contribution in [3.05, 3.63) is 54.2 Å². The van der Waals surface area contributed by atoms with Crippen molar-refractivity contribution in [3.63, 3.8) is 0 Å². The van der Waals surface area contributed by atoms with Crippen LogP contribution in [0.3, 0.4) is 0 Å². The van der Waals surface area contributed by atoms with Gasteiger partial charge in [0, 0.05) is 41.6 Å². The summed E-state index contributed by atoms with van der Waals surface area (Å²) in [6.07, 6.45) is 7.57. The summed E-state index contributed by atoms with van der Waals surface area (Å²) in [5.41, 5.74) is 3.75. The summed E-state index contributed by atoms with van der Waals surface area (Å²) in [4.78, 5) is 18.9. The number of methoxy groups -OCH3 is 1. The first-order chi connectivity index (χ1) is 14.2. The first kappa shape index (κ1) is 18.1. The van der Waals surface area contributed by atoms with Crippen molar-refractivity contribution in [1.82, 2.24) is 4.98 Å². The van der Waals surface area contributed by atoms with Gasteiger partial charge in [-0.2, -0.15) is 0 Å². The van der Waals surface area contributed by atoms with Crippen molar-refractivity contribution in [2.45, 2.75) is 37.5 Å². The van der Waals surface area contributed by atoms with E-state index >= 15 is 0 Å². The van der Waals surface area contributed by atoms with Crippen LogP contribution in [-0.4, -0.2) is 31.1 Å². The molecule has 3 aromatic rings. The Hall–Kier alpha value is -2.95. The molecule has 5 rings (SSSR count). The molecule has 29 heavy (non-hydrogen) atoms. The van der Waals surface area contributed by atoms with Crippen LogP contribution in [0.15, 0.2) is 48.7 Å². The van der Waals surface area contributed by atoms with Gasteiger partial charge >= 0.3 is 0 Å². The molecule has 1 saturated carbocycles. The molecular weight excluding hydrogens is 362 g/mol. The van der Waals surface area contributed by atoms with E-state index in [0.717, 1.165) is 53.8 Å². The van der Waals surface area contributed by atoms with Gasteiger partial charge in [-0.25, -0.2) is 0 Å². The maximum absolute atomic E-state index is 13.2. The van der Waals surface area contributed by atoms with E-state index in [0.29, 0.717) is 0 Å². The average molecular weight is 389 g/mol. The van der Waals surface area contributed by atoms with Gasteiger partial charge in [-0.05, 0) is 80.1 Å². The first-order valence-electron chi connectivity index (χ1n) is 10.5. The molecule has 1 aliphatic heterocycles. The summed E-state index contributed by atoms with van der Waals surface area (Å²) >= 11 is 0. The van der Waals surface area contributed by atoms with Crippen LogP contribution in [0.4, 0.5) is 11.4 Å². The lowest BCUT2D eigenvalue weighted by Crippen LogP contribution is -2.29. The standard InChI is InChI=1S/C24H27N3O2/c1-29-19-9-10-22-20(15-19)21(16-25-22)24(11-12-24)23(28)26-17-5-7-18(8-6-17)27-13-3-2-4-14-27/h5-10,15-16,25H,2-4,11-14H2,1H3,(H,26,28). The number of H-pyrrole nitrogens is 1. The number of nitrogens with zero attached hydrogens (tertiary/aromatic N) is 1. The number of piperidine rings is 1. The topological polar surface area (TPSA) is 57.4 Å². The number of nitrogens with one attached hydrogen (secondary N) is 2. The molecule has 0 bridgehead atoms. The highest BCUT2D eigenvalue weighted by Crippen LogP contribution is 2.51. The van der Waals surface area contributed by atoms with E-state index in [1.807, 2.05) is 36.5 Å². The van der Waals surface area contributed by atoms with Gasteiger partial charge in [-0.15, -0.1) is 0 Å². The van der Waals surface area contributed by atoms with Crippen LogP contribution in [-0.2, 0) is 10.2 Å². The Bertz CT molecular complexity index is 1030. The van der Waals surface area contributed by atoms with E-state index in [9.17, 15) is 4.79 Å². The largest absolute Gasteiger partial charge is 0.497 e. The van der Waals surface area contributed by atoms with E-state index < -0.39 is 5.41 Å². The predicted octanol–water partition coefficient (Wildman–Crippen LogP) is 4.84. The summed E-state index contributed by atoms with van der Waals surface area (Å²) in [6.45, 7) is 2.25. The van der Waals surface area contributed by atoms with Crippen molar-refractivity contribution in [2.24, 2.45) is 0 Å². The first-order valence-corrected chi connectivity index (χ1v) is 10.5. The summed E-state index contributed by atoms with van der Waals surface area (Å²) in [6, 6.07) is 14.2. The SMILES string of the molecule is COc1ccc2[nH]cc(C3(C(=O)Nc4ccc(N5CCCCC5)cc4)CC3)c2c1. The van der Waals surface area contributed by atoms with Gasteiger partial charge in [0.2, 0.25) is 5.91 Å². The van der Waals surface area contributed by atoms with Crippen molar-refractivity contribution < 1.29 is 9.53 Å². The molecule has 1 amide bonds. The molecule has 0 spiro atoms. The molecule has 0 radical (unpaired) electrons. The second-order valence-corrected chi connectivity index (χ2v) is 8.24. The third kappa shape index (κ3) is 3.24. The number of carbonyl (C=O) groups excluding carboxylic acids is 1. The Balaban J connectivity index is 1.35. The highest BCUT2D eigenvalue weighted by atomic mass is 16.5. The van der Waals surface area contributed by atoms with Crippen molar-refractivity contribution in [2.75, 3.05) is 30.4 Å². The van der Waals surface area contributed by atoms with Crippen molar-refractivity contribution in [1.29, 1.82) is 0 Å². The Morgan fingerprint density at radius 3 is 2.52 bits per heavy atom. The number of fused-ring (bicyclic) bond motifs is 1. The highest BCUT2D eigenvalue weighted by molar-refractivity contribution is 6.04. The lowest BCUT2D eigenvalue weighted by atomic mass is 9.94. The van der Waals surface area contributed by atoms with E-state index in [4.69, 9.17) is 4.74 Å². The molecule has 0 atom stereocenters. The number of amides is 1.